The molecule has 0 aromatic carbocycles. The minimum atomic E-state index is 0.865. The van der Waals surface area contributed by atoms with Gasteiger partial charge < -0.3 is 4.90 Å². The summed E-state index contributed by atoms with van der Waals surface area (Å²) in [6.07, 6.45) is 22.9. The van der Waals surface area contributed by atoms with Gasteiger partial charge in [-0.3, -0.25) is 0 Å². The molecule has 0 saturated heterocycles. The van der Waals surface area contributed by atoms with Crippen molar-refractivity contribution in [1.29, 1.82) is 0 Å². The zero-order valence-electron chi connectivity index (χ0n) is 13.5. The lowest BCUT2D eigenvalue weighted by Crippen LogP contribution is -2.13. The minimum absolute atomic E-state index is 0.865. The first-order chi connectivity index (χ1) is 10.4. The number of nitroso groups, excluding NO2 is 1. The van der Waals surface area contributed by atoms with E-state index in [4.69, 9.17) is 0 Å². The molecule has 0 aromatic rings. The minimum Gasteiger partial charge on any atom is -0.354 e. The fourth-order valence-corrected chi connectivity index (χ4v) is 2.55. The van der Waals surface area contributed by atoms with Crippen LogP contribution in [0.5, 0.6) is 0 Å². The van der Waals surface area contributed by atoms with E-state index in [1.54, 1.807) is 0 Å². The zero-order chi connectivity index (χ0) is 15.2. The van der Waals surface area contributed by atoms with E-state index >= 15 is 0 Å². The number of hydrogen-bond acceptors (Lipinski definition) is 3. The van der Waals surface area contributed by atoms with Gasteiger partial charge in [-0.1, -0.05) is 64.7 Å². The van der Waals surface area contributed by atoms with Gasteiger partial charge in [0.1, 0.15) is 0 Å². The normalized spacial score (nSPS) is 13.8. The highest BCUT2D eigenvalue weighted by molar-refractivity contribution is 5.33. The Hall–Kier alpha value is -1.38. The second kappa shape index (κ2) is 12.4. The molecule has 0 aromatic heterocycles. The summed E-state index contributed by atoms with van der Waals surface area (Å²) in [5, 5.41) is 2.78. The van der Waals surface area contributed by atoms with Crippen molar-refractivity contribution in [3.63, 3.8) is 0 Å². The third kappa shape index (κ3) is 9.22. The molecule has 0 unspecified atom stereocenters. The maximum atomic E-state index is 10.1. The molecule has 1 heterocycles. The number of hydrogen-bond donors (Lipinski definition) is 0. The molecule has 3 heteroatoms. The molecule has 1 rings (SSSR count). The molecule has 21 heavy (non-hydrogen) atoms. The van der Waals surface area contributed by atoms with Crippen LogP contribution < -0.4 is 0 Å². The Morgan fingerprint density at radius 3 is 1.95 bits per heavy atom. The Balaban J connectivity index is 1.91. The van der Waals surface area contributed by atoms with Crippen molar-refractivity contribution < 1.29 is 0 Å². The molecule has 0 N–H and O–H groups in total. The lowest BCUT2D eigenvalue weighted by molar-refractivity contribution is 0.461. The van der Waals surface area contributed by atoms with Crippen LogP contribution in [-0.2, 0) is 0 Å². The van der Waals surface area contributed by atoms with Gasteiger partial charge in [-0.15, -0.1) is 4.91 Å². The van der Waals surface area contributed by atoms with Crippen LogP contribution in [-0.4, -0.2) is 11.4 Å². The Morgan fingerprint density at radius 1 is 0.905 bits per heavy atom. The van der Waals surface area contributed by atoms with Crippen molar-refractivity contribution >= 4 is 0 Å². The SMILES string of the molecule is CCCCCCCCCCCCN1C=CC(=CN=O)C=C1. The van der Waals surface area contributed by atoms with Gasteiger partial charge in [0.05, 0.1) is 6.20 Å². The predicted molar refractivity (Wildman–Crippen MR) is 90.7 cm³/mol. The third-order valence-electron chi connectivity index (χ3n) is 3.89. The predicted octanol–water partition coefficient (Wildman–Crippen LogP) is 5.90. The van der Waals surface area contributed by atoms with Crippen molar-refractivity contribution in [2.45, 2.75) is 71.1 Å². The molecule has 0 radical (unpaired) electrons. The Kier molecular flexibility index (Phi) is 10.4. The Bertz CT molecular complexity index is 342. The molecule has 3 nitrogen and oxygen atoms in total. The van der Waals surface area contributed by atoms with E-state index in [1.807, 2.05) is 24.6 Å². The van der Waals surface area contributed by atoms with Crippen molar-refractivity contribution in [2.75, 3.05) is 6.54 Å². The topological polar surface area (TPSA) is 32.7 Å². The van der Waals surface area contributed by atoms with E-state index in [2.05, 4.69) is 17.0 Å². The van der Waals surface area contributed by atoms with E-state index in [9.17, 15) is 4.91 Å². The summed E-state index contributed by atoms with van der Waals surface area (Å²) >= 11 is 0. The molecule has 0 amide bonds. The van der Waals surface area contributed by atoms with Crippen LogP contribution in [0.2, 0.25) is 0 Å². The number of rotatable bonds is 12. The molecule has 0 bridgehead atoms. The van der Waals surface area contributed by atoms with Gasteiger partial charge in [0, 0.05) is 18.9 Å². The molecular formula is C18H30N2O. The summed E-state index contributed by atoms with van der Waals surface area (Å²) in [5.41, 5.74) is 0.865. The van der Waals surface area contributed by atoms with Gasteiger partial charge >= 0.3 is 0 Å². The molecule has 0 aliphatic carbocycles. The van der Waals surface area contributed by atoms with Crippen LogP contribution in [0, 0.1) is 4.91 Å². The second-order valence-electron chi connectivity index (χ2n) is 5.79. The van der Waals surface area contributed by atoms with E-state index in [-0.39, 0.29) is 0 Å². The first kappa shape index (κ1) is 17.7. The molecule has 0 fully saturated rings. The summed E-state index contributed by atoms with van der Waals surface area (Å²) in [6.45, 7) is 3.33. The monoisotopic (exact) mass is 290 g/mol. The number of allylic oxidation sites excluding steroid dienone is 3. The van der Waals surface area contributed by atoms with E-state index < -0.39 is 0 Å². The van der Waals surface area contributed by atoms with Gasteiger partial charge in [-0.25, -0.2) is 0 Å². The highest BCUT2D eigenvalue weighted by atomic mass is 16.2. The third-order valence-corrected chi connectivity index (χ3v) is 3.89. The van der Waals surface area contributed by atoms with Crippen molar-refractivity contribution in [2.24, 2.45) is 5.18 Å². The molecular weight excluding hydrogens is 260 g/mol. The molecule has 0 saturated carbocycles. The molecule has 118 valence electrons. The molecule has 1 aliphatic rings. The quantitative estimate of drug-likeness (QED) is 0.331. The van der Waals surface area contributed by atoms with Crippen LogP contribution in [0.25, 0.3) is 0 Å². The average molecular weight is 290 g/mol. The van der Waals surface area contributed by atoms with Crippen LogP contribution in [0.3, 0.4) is 0 Å². The summed E-state index contributed by atoms with van der Waals surface area (Å²) in [6, 6.07) is 0. The van der Waals surface area contributed by atoms with Crippen LogP contribution >= 0.6 is 0 Å². The Labute approximate surface area is 129 Å². The fourth-order valence-electron chi connectivity index (χ4n) is 2.55. The van der Waals surface area contributed by atoms with E-state index in [0.717, 1.165) is 12.1 Å². The van der Waals surface area contributed by atoms with Crippen LogP contribution in [0.4, 0.5) is 0 Å². The summed E-state index contributed by atoms with van der Waals surface area (Å²) in [5.74, 6) is 0. The van der Waals surface area contributed by atoms with Crippen LogP contribution in [0.15, 0.2) is 41.5 Å². The highest BCUT2D eigenvalue weighted by Crippen LogP contribution is 2.13. The van der Waals surface area contributed by atoms with E-state index in [0.29, 0.717) is 0 Å². The van der Waals surface area contributed by atoms with Crippen LogP contribution in [0.1, 0.15) is 71.1 Å². The lowest BCUT2D eigenvalue weighted by Gasteiger charge is -2.18. The number of unbranched alkanes of at least 4 members (excludes halogenated alkanes) is 9. The standard InChI is InChI=1S/C18H30N2O/c1-2-3-4-5-6-7-8-9-10-11-14-20-15-12-18(13-16-20)17-19-21/h12-13,15-17H,2-11,14H2,1H3. The molecule has 1 aliphatic heterocycles. The van der Waals surface area contributed by atoms with Gasteiger partial charge in [0.25, 0.3) is 0 Å². The van der Waals surface area contributed by atoms with Gasteiger partial charge in [0.2, 0.25) is 0 Å². The number of nitrogens with zero attached hydrogens (tertiary/aromatic N) is 2. The highest BCUT2D eigenvalue weighted by Gasteiger charge is 2.00. The van der Waals surface area contributed by atoms with Crippen molar-refractivity contribution in [3.8, 4) is 0 Å². The molecule has 0 spiro atoms. The summed E-state index contributed by atoms with van der Waals surface area (Å²) < 4.78 is 0. The largest absolute Gasteiger partial charge is 0.354 e. The van der Waals surface area contributed by atoms with Crippen molar-refractivity contribution in [1.82, 2.24) is 4.90 Å². The Morgan fingerprint density at radius 2 is 1.43 bits per heavy atom. The van der Waals surface area contributed by atoms with Gasteiger partial charge in [-0.05, 0) is 29.3 Å². The zero-order valence-corrected chi connectivity index (χ0v) is 13.5. The van der Waals surface area contributed by atoms with Crippen molar-refractivity contribution in [3.05, 3.63) is 41.2 Å². The fraction of sp³-hybridized carbons (Fsp3) is 0.667. The maximum Gasteiger partial charge on any atom is 0.0788 e. The average Bonchev–Trinajstić information content (AvgIpc) is 2.51. The second-order valence-corrected chi connectivity index (χ2v) is 5.79. The van der Waals surface area contributed by atoms with Gasteiger partial charge in [0.15, 0.2) is 0 Å². The summed E-state index contributed by atoms with van der Waals surface area (Å²) in [7, 11) is 0. The first-order valence-electron chi connectivity index (χ1n) is 8.51. The maximum absolute atomic E-state index is 10.1. The smallest absolute Gasteiger partial charge is 0.0788 e. The van der Waals surface area contributed by atoms with E-state index in [1.165, 1.54) is 70.4 Å². The van der Waals surface area contributed by atoms with Gasteiger partial charge in [-0.2, -0.15) is 0 Å². The molecule has 0 atom stereocenters. The first-order valence-corrected chi connectivity index (χ1v) is 8.51. The lowest BCUT2D eigenvalue weighted by atomic mass is 10.1. The summed E-state index contributed by atoms with van der Waals surface area (Å²) in [4.78, 5) is 12.3.